The molecule has 128 valence electrons. The van der Waals surface area contributed by atoms with Crippen LogP contribution in [-0.2, 0) is 11.2 Å². The zero-order valence-electron chi connectivity index (χ0n) is 13.8. The molecule has 5 nitrogen and oxygen atoms in total. The van der Waals surface area contributed by atoms with E-state index in [0.717, 1.165) is 52.1 Å². The van der Waals surface area contributed by atoms with E-state index in [9.17, 15) is 4.79 Å². The summed E-state index contributed by atoms with van der Waals surface area (Å²) in [5.41, 5.74) is 1.32. The van der Waals surface area contributed by atoms with Gasteiger partial charge in [-0.05, 0) is 42.2 Å². The summed E-state index contributed by atoms with van der Waals surface area (Å²) in [6.07, 6.45) is 3.36. The Kier molecular flexibility index (Phi) is 5.91. The van der Waals surface area contributed by atoms with Crippen LogP contribution < -0.4 is 10.6 Å². The predicted molar refractivity (Wildman–Crippen MR) is 93.0 cm³/mol. The van der Waals surface area contributed by atoms with Gasteiger partial charge in [-0.25, -0.2) is 4.79 Å². The molecule has 0 bridgehead atoms. The second-order valence-electron chi connectivity index (χ2n) is 6.62. The summed E-state index contributed by atoms with van der Waals surface area (Å²) in [7, 11) is 0. The fourth-order valence-corrected chi connectivity index (χ4v) is 4.39. The number of ether oxygens (including phenoxy) is 1. The Morgan fingerprint density at radius 1 is 1.48 bits per heavy atom. The highest BCUT2D eigenvalue weighted by atomic mass is 32.1. The van der Waals surface area contributed by atoms with Crippen LogP contribution >= 0.6 is 11.3 Å². The van der Waals surface area contributed by atoms with E-state index in [4.69, 9.17) is 4.74 Å². The molecule has 1 saturated heterocycles. The molecule has 1 fully saturated rings. The smallest absolute Gasteiger partial charge is 0.315 e. The highest BCUT2D eigenvalue weighted by molar-refractivity contribution is 7.10. The first-order valence-corrected chi connectivity index (χ1v) is 9.51. The van der Waals surface area contributed by atoms with Gasteiger partial charge < -0.3 is 15.4 Å². The molecule has 23 heavy (non-hydrogen) atoms. The number of morpholine rings is 1. The second kappa shape index (κ2) is 8.13. The molecule has 2 aliphatic rings. The Balaban J connectivity index is 1.40. The molecule has 2 N–H and O–H groups in total. The molecule has 2 amide bonds. The third kappa shape index (κ3) is 4.68. The first-order valence-electron chi connectivity index (χ1n) is 8.63. The number of aryl methyl sites for hydroxylation is 1. The zero-order chi connectivity index (χ0) is 16.1. The van der Waals surface area contributed by atoms with Gasteiger partial charge in [-0.15, -0.1) is 11.3 Å². The fraction of sp³-hybridized carbons (Fsp3) is 0.706. The number of carbonyl (C=O) groups is 1. The minimum atomic E-state index is -0.0390. The van der Waals surface area contributed by atoms with Crippen molar-refractivity contribution in [3.8, 4) is 0 Å². The lowest BCUT2D eigenvalue weighted by molar-refractivity contribution is 0.0319. The molecule has 1 aromatic heterocycles. The lowest BCUT2D eigenvalue weighted by atomic mass is 9.94. The van der Waals surface area contributed by atoms with Gasteiger partial charge in [0.1, 0.15) is 0 Å². The van der Waals surface area contributed by atoms with E-state index in [0.29, 0.717) is 12.5 Å². The number of nitrogens with one attached hydrogen (secondary N) is 2. The van der Waals surface area contributed by atoms with Crippen LogP contribution in [0.25, 0.3) is 0 Å². The quantitative estimate of drug-likeness (QED) is 0.867. The number of nitrogens with zero attached hydrogens (tertiary/aromatic N) is 1. The van der Waals surface area contributed by atoms with Crippen LogP contribution in [-0.4, -0.2) is 50.3 Å². The summed E-state index contributed by atoms with van der Waals surface area (Å²) in [5.74, 6) is 0.446. The van der Waals surface area contributed by atoms with Crippen LogP contribution in [0.5, 0.6) is 0 Å². The second-order valence-corrected chi connectivity index (χ2v) is 7.62. The molecular formula is C17H27N3O2S. The Morgan fingerprint density at radius 3 is 3.13 bits per heavy atom. The minimum absolute atomic E-state index is 0.0390. The molecule has 2 heterocycles. The maximum Gasteiger partial charge on any atom is 0.315 e. The van der Waals surface area contributed by atoms with Gasteiger partial charge in [0.2, 0.25) is 0 Å². The van der Waals surface area contributed by atoms with Crippen molar-refractivity contribution >= 4 is 17.4 Å². The molecule has 0 radical (unpaired) electrons. The summed E-state index contributed by atoms with van der Waals surface area (Å²) in [5, 5.41) is 8.31. The number of carbonyl (C=O) groups excluding carboxylic acids is 1. The molecule has 0 aromatic carbocycles. The molecule has 0 unspecified atom stereocenters. The van der Waals surface area contributed by atoms with Crippen molar-refractivity contribution in [2.75, 3.05) is 39.4 Å². The van der Waals surface area contributed by atoms with Crippen molar-refractivity contribution in [2.24, 2.45) is 5.92 Å². The molecule has 0 saturated carbocycles. The Labute approximate surface area is 142 Å². The number of thiophene rings is 1. The number of urea groups is 1. The maximum atomic E-state index is 12.2. The molecule has 0 spiro atoms. The van der Waals surface area contributed by atoms with E-state index < -0.39 is 0 Å². The number of amides is 2. The molecule has 1 aliphatic carbocycles. The van der Waals surface area contributed by atoms with Crippen molar-refractivity contribution in [1.29, 1.82) is 0 Å². The van der Waals surface area contributed by atoms with Gasteiger partial charge in [-0.3, -0.25) is 4.90 Å². The maximum absolute atomic E-state index is 12.2. The summed E-state index contributed by atoms with van der Waals surface area (Å²) in [6, 6.07) is 2.30. The van der Waals surface area contributed by atoms with Crippen molar-refractivity contribution in [2.45, 2.75) is 32.2 Å². The lowest BCUT2D eigenvalue weighted by Crippen LogP contribution is -2.44. The van der Waals surface area contributed by atoms with Crippen LogP contribution in [0.4, 0.5) is 4.79 Å². The van der Waals surface area contributed by atoms with Crippen molar-refractivity contribution < 1.29 is 9.53 Å². The third-order valence-electron chi connectivity index (χ3n) is 4.64. The van der Waals surface area contributed by atoms with Gasteiger partial charge in [0.25, 0.3) is 0 Å². The van der Waals surface area contributed by atoms with E-state index in [-0.39, 0.29) is 12.1 Å². The Bertz CT molecular complexity index is 514. The number of rotatable bonds is 5. The molecule has 2 atom stereocenters. The number of hydrogen-bond donors (Lipinski definition) is 2. The lowest BCUT2D eigenvalue weighted by Gasteiger charge is -2.29. The number of fused-ring (bicyclic) bond motifs is 1. The van der Waals surface area contributed by atoms with Crippen LogP contribution in [0.3, 0.4) is 0 Å². The highest BCUT2D eigenvalue weighted by Gasteiger charge is 2.22. The van der Waals surface area contributed by atoms with Gasteiger partial charge in [-0.2, -0.15) is 0 Å². The van der Waals surface area contributed by atoms with E-state index in [2.05, 4.69) is 33.9 Å². The average molecular weight is 337 g/mol. The van der Waals surface area contributed by atoms with Crippen LogP contribution in [0.2, 0.25) is 0 Å². The predicted octanol–water partition coefficient (Wildman–Crippen LogP) is 2.39. The van der Waals surface area contributed by atoms with E-state index in [1.807, 2.05) is 0 Å². The average Bonchev–Trinajstić information content (AvgIpc) is 3.04. The third-order valence-corrected chi connectivity index (χ3v) is 5.64. The zero-order valence-corrected chi connectivity index (χ0v) is 14.7. The standard InChI is InChI=1S/C17H27N3O2S/c1-13(12-20-6-8-22-9-7-20)11-18-17(21)19-15-3-2-4-16-14(15)5-10-23-16/h5,10,13,15H,2-4,6-9,11-12H2,1H3,(H2,18,19,21)/t13-,15+/m0/s1. The van der Waals surface area contributed by atoms with Crippen molar-refractivity contribution in [1.82, 2.24) is 15.5 Å². The largest absolute Gasteiger partial charge is 0.379 e. The summed E-state index contributed by atoms with van der Waals surface area (Å²) in [6.45, 7) is 7.57. The van der Waals surface area contributed by atoms with Crippen LogP contribution in [0, 0.1) is 5.92 Å². The highest BCUT2D eigenvalue weighted by Crippen LogP contribution is 2.33. The minimum Gasteiger partial charge on any atom is -0.379 e. The van der Waals surface area contributed by atoms with E-state index in [1.54, 1.807) is 11.3 Å². The summed E-state index contributed by atoms with van der Waals surface area (Å²) in [4.78, 5) is 16.0. The van der Waals surface area contributed by atoms with Gasteiger partial charge in [0, 0.05) is 31.1 Å². The van der Waals surface area contributed by atoms with Crippen LogP contribution in [0.15, 0.2) is 11.4 Å². The van der Waals surface area contributed by atoms with E-state index in [1.165, 1.54) is 10.4 Å². The first kappa shape index (κ1) is 16.7. The SMILES string of the molecule is C[C@@H](CNC(=O)N[C@@H]1CCCc2sccc21)CN1CCOCC1. The Hall–Kier alpha value is -1.11. The van der Waals surface area contributed by atoms with E-state index >= 15 is 0 Å². The molecule has 6 heteroatoms. The monoisotopic (exact) mass is 337 g/mol. The topological polar surface area (TPSA) is 53.6 Å². The Morgan fingerprint density at radius 2 is 2.30 bits per heavy atom. The fourth-order valence-electron chi connectivity index (χ4n) is 3.40. The van der Waals surface area contributed by atoms with Gasteiger partial charge in [0.05, 0.1) is 19.3 Å². The first-order chi connectivity index (χ1) is 11.2. The number of hydrogen-bond acceptors (Lipinski definition) is 4. The molecule has 1 aromatic rings. The molecule has 1 aliphatic heterocycles. The van der Waals surface area contributed by atoms with Gasteiger partial charge >= 0.3 is 6.03 Å². The van der Waals surface area contributed by atoms with Gasteiger partial charge in [-0.1, -0.05) is 6.92 Å². The normalized spacial score (nSPS) is 23.1. The summed E-state index contributed by atoms with van der Waals surface area (Å²) < 4.78 is 5.37. The van der Waals surface area contributed by atoms with Crippen LogP contribution in [0.1, 0.15) is 36.2 Å². The van der Waals surface area contributed by atoms with Gasteiger partial charge in [0.15, 0.2) is 0 Å². The van der Waals surface area contributed by atoms with Crippen molar-refractivity contribution in [3.05, 3.63) is 21.9 Å². The molecule has 3 rings (SSSR count). The summed E-state index contributed by atoms with van der Waals surface area (Å²) >= 11 is 1.81. The molecular weight excluding hydrogens is 310 g/mol. The van der Waals surface area contributed by atoms with Crippen molar-refractivity contribution in [3.63, 3.8) is 0 Å².